The molecule has 0 saturated heterocycles. The van der Waals surface area contributed by atoms with Gasteiger partial charge in [0.15, 0.2) is 0 Å². The van der Waals surface area contributed by atoms with E-state index in [1.165, 1.54) is 5.56 Å². The summed E-state index contributed by atoms with van der Waals surface area (Å²) in [5.41, 5.74) is 3.07. The van der Waals surface area contributed by atoms with Gasteiger partial charge in [-0.05, 0) is 36.8 Å². The Hall–Kier alpha value is -2.00. The molecule has 2 rings (SSSR count). The summed E-state index contributed by atoms with van der Waals surface area (Å²) in [6, 6.07) is 15.6. The quantitative estimate of drug-likeness (QED) is 0.864. The van der Waals surface area contributed by atoms with Gasteiger partial charge in [0.05, 0.1) is 13.2 Å². The number of hydrogen-bond acceptors (Lipinski definition) is 3. The predicted octanol–water partition coefficient (Wildman–Crippen LogP) is 3.15. The highest BCUT2D eigenvalue weighted by molar-refractivity contribution is 5.44. The van der Waals surface area contributed by atoms with Crippen LogP contribution in [0.5, 0.6) is 5.75 Å². The standard InChI is InChI=1S/C16H19NO2/c1-12-6-8-14(9-7-12)17-11-16(18)13-4-3-5-15(10-13)19-2/h3-10,16-18H,11H2,1-2H3. The largest absolute Gasteiger partial charge is 0.497 e. The van der Waals surface area contributed by atoms with E-state index < -0.39 is 6.10 Å². The minimum absolute atomic E-state index is 0.468. The van der Waals surface area contributed by atoms with Gasteiger partial charge in [-0.3, -0.25) is 0 Å². The number of aliphatic hydroxyl groups excluding tert-OH is 1. The first-order chi connectivity index (χ1) is 9.19. The maximum absolute atomic E-state index is 10.1. The van der Waals surface area contributed by atoms with Gasteiger partial charge in [0.25, 0.3) is 0 Å². The fourth-order valence-electron chi connectivity index (χ4n) is 1.85. The van der Waals surface area contributed by atoms with E-state index in [2.05, 4.69) is 12.2 Å². The minimum Gasteiger partial charge on any atom is -0.497 e. The SMILES string of the molecule is COc1cccc(C(O)CNc2ccc(C)cc2)c1. The second-order valence-electron chi connectivity index (χ2n) is 4.54. The number of hydrogen-bond donors (Lipinski definition) is 2. The lowest BCUT2D eigenvalue weighted by Gasteiger charge is -2.14. The molecule has 3 heteroatoms. The van der Waals surface area contributed by atoms with E-state index in [1.54, 1.807) is 7.11 Å². The van der Waals surface area contributed by atoms with Gasteiger partial charge < -0.3 is 15.2 Å². The van der Waals surface area contributed by atoms with Gasteiger partial charge in [0.2, 0.25) is 0 Å². The molecule has 0 aliphatic carbocycles. The molecular weight excluding hydrogens is 238 g/mol. The van der Waals surface area contributed by atoms with E-state index in [9.17, 15) is 5.11 Å². The number of anilines is 1. The number of ether oxygens (including phenoxy) is 1. The molecule has 100 valence electrons. The minimum atomic E-state index is -0.559. The highest BCUT2D eigenvalue weighted by Gasteiger charge is 2.08. The molecule has 19 heavy (non-hydrogen) atoms. The maximum atomic E-state index is 10.1. The van der Waals surface area contributed by atoms with Gasteiger partial charge in [-0.1, -0.05) is 29.8 Å². The van der Waals surface area contributed by atoms with E-state index in [0.29, 0.717) is 6.54 Å². The summed E-state index contributed by atoms with van der Waals surface area (Å²) >= 11 is 0. The third kappa shape index (κ3) is 3.73. The average Bonchev–Trinajstić information content (AvgIpc) is 2.46. The van der Waals surface area contributed by atoms with Crippen LogP contribution in [0.15, 0.2) is 48.5 Å². The van der Waals surface area contributed by atoms with Crippen molar-refractivity contribution in [3.63, 3.8) is 0 Å². The zero-order valence-corrected chi connectivity index (χ0v) is 11.3. The molecule has 0 aliphatic heterocycles. The van der Waals surface area contributed by atoms with E-state index in [0.717, 1.165) is 17.0 Å². The van der Waals surface area contributed by atoms with Crippen molar-refractivity contribution >= 4 is 5.69 Å². The molecule has 2 N–H and O–H groups in total. The van der Waals surface area contributed by atoms with E-state index in [1.807, 2.05) is 48.5 Å². The molecule has 0 saturated carbocycles. The number of benzene rings is 2. The molecule has 0 amide bonds. The lowest BCUT2D eigenvalue weighted by Crippen LogP contribution is -2.12. The Morgan fingerprint density at radius 1 is 1.16 bits per heavy atom. The molecule has 2 aromatic carbocycles. The number of aliphatic hydroxyl groups is 1. The summed E-state index contributed by atoms with van der Waals surface area (Å²) in [4.78, 5) is 0. The highest BCUT2D eigenvalue weighted by Crippen LogP contribution is 2.19. The average molecular weight is 257 g/mol. The summed E-state index contributed by atoms with van der Waals surface area (Å²) in [6.07, 6.45) is -0.559. The predicted molar refractivity (Wildman–Crippen MR) is 77.6 cm³/mol. The van der Waals surface area contributed by atoms with Crippen LogP contribution in [0.1, 0.15) is 17.2 Å². The van der Waals surface area contributed by atoms with Gasteiger partial charge in [0.1, 0.15) is 5.75 Å². The molecule has 0 bridgehead atoms. The van der Waals surface area contributed by atoms with Crippen LogP contribution in [0.3, 0.4) is 0 Å². The first kappa shape index (κ1) is 13.4. The topological polar surface area (TPSA) is 41.5 Å². The molecule has 0 aromatic heterocycles. The fraction of sp³-hybridized carbons (Fsp3) is 0.250. The Morgan fingerprint density at radius 3 is 2.58 bits per heavy atom. The summed E-state index contributed by atoms with van der Waals surface area (Å²) in [6.45, 7) is 2.52. The number of nitrogens with one attached hydrogen (secondary N) is 1. The smallest absolute Gasteiger partial charge is 0.119 e. The number of rotatable bonds is 5. The van der Waals surface area contributed by atoms with Crippen molar-refractivity contribution in [3.8, 4) is 5.75 Å². The van der Waals surface area contributed by atoms with Crippen molar-refractivity contribution in [1.29, 1.82) is 0 Å². The van der Waals surface area contributed by atoms with Gasteiger partial charge in [-0.2, -0.15) is 0 Å². The van der Waals surface area contributed by atoms with Gasteiger partial charge in [-0.25, -0.2) is 0 Å². The normalized spacial score (nSPS) is 11.9. The summed E-state index contributed by atoms with van der Waals surface area (Å²) in [7, 11) is 1.62. The fourth-order valence-corrected chi connectivity index (χ4v) is 1.85. The Morgan fingerprint density at radius 2 is 1.89 bits per heavy atom. The zero-order chi connectivity index (χ0) is 13.7. The second kappa shape index (κ2) is 6.25. The molecular formula is C16H19NO2. The van der Waals surface area contributed by atoms with Crippen molar-refractivity contribution < 1.29 is 9.84 Å². The monoisotopic (exact) mass is 257 g/mol. The lowest BCUT2D eigenvalue weighted by atomic mass is 10.1. The molecule has 0 fully saturated rings. The second-order valence-corrected chi connectivity index (χ2v) is 4.54. The van der Waals surface area contributed by atoms with Crippen molar-refractivity contribution in [2.75, 3.05) is 19.0 Å². The molecule has 3 nitrogen and oxygen atoms in total. The van der Waals surface area contributed by atoms with Crippen LogP contribution >= 0.6 is 0 Å². The van der Waals surface area contributed by atoms with Crippen LogP contribution in [0.25, 0.3) is 0 Å². The summed E-state index contributed by atoms with van der Waals surface area (Å²) < 4.78 is 5.15. The number of methoxy groups -OCH3 is 1. The third-order valence-corrected chi connectivity index (χ3v) is 3.03. The lowest BCUT2D eigenvalue weighted by molar-refractivity contribution is 0.191. The Kier molecular flexibility index (Phi) is 4.42. The summed E-state index contributed by atoms with van der Waals surface area (Å²) in [5.74, 6) is 0.756. The van der Waals surface area contributed by atoms with Crippen LogP contribution in [0, 0.1) is 6.92 Å². The molecule has 1 atom stereocenters. The van der Waals surface area contributed by atoms with Crippen molar-refractivity contribution in [2.45, 2.75) is 13.0 Å². The summed E-state index contributed by atoms with van der Waals surface area (Å²) in [5, 5.41) is 13.4. The first-order valence-electron chi connectivity index (χ1n) is 6.31. The van der Waals surface area contributed by atoms with Crippen molar-refractivity contribution in [1.82, 2.24) is 0 Å². The van der Waals surface area contributed by atoms with Gasteiger partial charge in [0, 0.05) is 12.2 Å². The maximum Gasteiger partial charge on any atom is 0.119 e. The molecule has 0 heterocycles. The van der Waals surface area contributed by atoms with Crippen molar-refractivity contribution in [2.24, 2.45) is 0 Å². The third-order valence-electron chi connectivity index (χ3n) is 3.03. The first-order valence-corrected chi connectivity index (χ1v) is 6.31. The van der Waals surface area contributed by atoms with E-state index >= 15 is 0 Å². The number of aryl methyl sites for hydroxylation is 1. The molecule has 0 aliphatic rings. The van der Waals surface area contributed by atoms with Crippen LogP contribution in [-0.4, -0.2) is 18.8 Å². The van der Waals surface area contributed by atoms with Crippen molar-refractivity contribution in [3.05, 3.63) is 59.7 Å². The Balaban J connectivity index is 1.96. The highest BCUT2D eigenvalue weighted by atomic mass is 16.5. The molecule has 2 aromatic rings. The van der Waals surface area contributed by atoms with Crippen LogP contribution in [-0.2, 0) is 0 Å². The molecule has 0 spiro atoms. The van der Waals surface area contributed by atoms with Crippen LogP contribution < -0.4 is 10.1 Å². The molecule has 1 unspecified atom stereocenters. The van der Waals surface area contributed by atoms with E-state index in [-0.39, 0.29) is 0 Å². The van der Waals surface area contributed by atoms with Gasteiger partial charge in [-0.15, -0.1) is 0 Å². The van der Waals surface area contributed by atoms with Gasteiger partial charge >= 0.3 is 0 Å². The Bertz CT molecular complexity index is 523. The zero-order valence-electron chi connectivity index (χ0n) is 11.3. The van der Waals surface area contributed by atoms with E-state index in [4.69, 9.17) is 4.74 Å². The Labute approximate surface area is 113 Å². The van der Waals surface area contributed by atoms with Crippen LogP contribution in [0.4, 0.5) is 5.69 Å². The molecule has 0 radical (unpaired) electrons. The van der Waals surface area contributed by atoms with Crippen LogP contribution in [0.2, 0.25) is 0 Å².